The van der Waals surface area contributed by atoms with Crippen LogP contribution in [0.15, 0.2) is 64.6 Å². The Morgan fingerprint density at radius 2 is 1.36 bits per heavy atom. The molecule has 0 fully saturated rings. The van der Waals surface area contributed by atoms with Crippen LogP contribution in [0.3, 0.4) is 0 Å². The van der Waals surface area contributed by atoms with Crippen LogP contribution in [0.2, 0.25) is 13.3 Å². The van der Waals surface area contributed by atoms with E-state index < -0.39 is 18.4 Å². The molecule has 0 amide bonds. The Hall–Kier alpha value is -2.02. The SMILES string of the molecule is CC(C)(C)CC(c1ccccc1)C(C)(C)C.CCC[CH2][Sn]([CH2]CC)([CH2]CCC)[c]1cccc(CN=C(N)N=C(N)N)c1. The molecule has 1 atom stereocenters. The molecular formula is C36H63N5Sn. The van der Waals surface area contributed by atoms with Crippen LogP contribution in [0.25, 0.3) is 0 Å². The molecule has 5 nitrogen and oxygen atoms in total. The third-order valence-electron chi connectivity index (χ3n) is 8.02. The average molecular weight is 685 g/mol. The van der Waals surface area contributed by atoms with Gasteiger partial charge in [0.15, 0.2) is 0 Å². The van der Waals surface area contributed by atoms with Crippen molar-refractivity contribution >= 4 is 33.9 Å². The van der Waals surface area contributed by atoms with Crippen molar-refractivity contribution in [1.29, 1.82) is 0 Å². The minimum absolute atomic E-state index is 0.0581. The Balaban J connectivity index is 0.000000470. The van der Waals surface area contributed by atoms with Crippen LogP contribution in [0.1, 0.15) is 118 Å². The number of aliphatic imine (C=N–C) groups is 2. The molecule has 0 bridgehead atoms. The molecule has 0 aliphatic rings. The number of hydrogen-bond acceptors (Lipinski definition) is 1. The summed E-state index contributed by atoms with van der Waals surface area (Å²) in [5, 5.41) is 0. The number of rotatable bonds is 13. The summed E-state index contributed by atoms with van der Waals surface area (Å²) in [7, 11) is 0. The zero-order valence-corrected chi connectivity index (χ0v) is 31.3. The molecule has 42 heavy (non-hydrogen) atoms. The van der Waals surface area contributed by atoms with Crippen LogP contribution in [-0.4, -0.2) is 30.3 Å². The van der Waals surface area contributed by atoms with Gasteiger partial charge in [-0.1, -0.05) is 71.9 Å². The zero-order chi connectivity index (χ0) is 31.8. The molecular weight excluding hydrogens is 621 g/mol. The third-order valence-corrected chi connectivity index (χ3v) is 24.0. The maximum atomic E-state index is 5.74. The summed E-state index contributed by atoms with van der Waals surface area (Å²) in [6, 6.07) is 20.0. The van der Waals surface area contributed by atoms with E-state index >= 15 is 0 Å². The van der Waals surface area contributed by atoms with E-state index in [1.807, 2.05) is 0 Å². The number of guanidine groups is 2. The van der Waals surface area contributed by atoms with Crippen LogP contribution in [0.5, 0.6) is 0 Å². The molecule has 6 N–H and O–H groups in total. The molecule has 0 saturated heterocycles. The van der Waals surface area contributed by atoms with Gasteiger partial charge in [-0.15, -0.1) is 0 Å². The summed E-state index contributed by atoms with van der Waals surface area (Å²) in [6.07, 6.45) is 7.82. The third kappa shape index (κ3) is 14.4. The van der Waals surface area contributed by atoms with Crippen molar-refractivity contribution in [3.63, 3.8) is 0 Å². The molecule has 6 heteroatoms. The number of nitrogens with zero attached hydrogens (tertiary/aromatic N) is 2. The minimum atomic E-state index is -2.37. The Bertz CT molecular complexity index is 1070. The first-order chi connectivity index (χ1) is 19.7. The summed E-state index contributed by atoms with van der Waals surface area (Å²) in [5.74, 6) is 0.710. The summed E-state index contributed by atoms with van der Waals surface area (Å²) < 4.78 is 6.01. The standard InChI is InChI=1S/C16H26.C9H12N5.2C4H9.C3H7.Sn/c1-15(2,3)12-14(16(4,5)6)13-10-8-7-9-11-13;10-8(11)14-9(12)13-6-7-4-2-1-3-5-7;2*1-3-4-2;1-3-2;/h7-11,14H,12H2,1-6H3;1-2,4-5H,6H2,(H6,10,11,12,13,14);2*1,3-4H2,2H3;1,3H2,2H3;. The summed E-state index contributed by atoms with van der Waals surface area (Å²) in [4.78, 5) is 8.09. The average Bonchev–Trinajstić information content (AvgIpc) is 2.92. The van der Waals surface area contributed by atoms with Crippen molar-refractivity contribution in [2.75, 3.05) is 0 Å². The Kier molecular flexibility index (Phi) is 16.8. The molecule has 2 rings (SSSR count). The molecule has 0 saturated carbocycles. The second kappa shape index (κ2) is 18.6. The van der Waals surface area contributed by atoms with Crippen molar-refractivity contribution in [1.82, 2.24) is 0 Å². The summed E-state index contributed by atoms with van der Waals surface area (Å²) >= 11 is -2.37. The van der Waals surface area contributed by atoms with Crippen LogP contribution >= 0.6 is 0 Å². The van der Waals surface area contributed by atoms with Gasteiger partial charge in [0, 0.05) is 0 Å². The first kappa shape index (κ1) is 38.0. The first-order valence-electron chi connectivity index (χ1n) is 16.2. The van der Waals surface area contributed by atoms with Crippen LogP contribution in [-0.2, 0) is 6.54 Å². The molecule has 0 spiro atoms. The second-order valence-corrected chi connectivity index (χ2v) is 27.5. The topological polar surface area (TPSA) is 103 Å². The van der Waals surface area contributed by atoms with Gasteiger partial charge in [-0.2, -0.15) is 0 Å². The van der Waals surface area contributed by atoms with Gasteiger partial charge in [-0.3, -0.25) is 0 Å². The van der Waals surface area contributed by atoms with Crippen LogP contribution in [0, 0.1) is 10.8 Å². The molecule has 0 aromatic heterocycles. The fourth-order valence-corrected chi connectivity index (χ4v) is 21.8. The number of benzene rings is 2. The van der Waals surface area contributed by atoms with Gasteiger partial charge in [0.25, 0.3) is 0 Å². The maximum absolute atomic E-state index is 5.74. The van der Waals surface area contributed by atoms with E-state index in [1.54, 1.807) is 3.58 Å². The quantitative estimate of drug-likeness (QED) is 0.112. The van der Waals surface area contributed by atoms with Crippen molar-refractivity contribution in [2.45, 2.75) is 127 Å². The summed E-state index contributed by atoms with van der Waals surface area (Å²) in [5.41, 5.74) is 19.8. The monoisotopic (exact) mass is 685 g/mol. The van der Waals surface area contributed by atoms with Crippen molar-refractivity contribution in [3.05, 3.63) is 65.7 Å². The molecule has 236 valence electrons. The van der Waals surface area contributed by atoms with Gasteiger partial charge in [0.05, 0.1) is 0 Å². The van der Waals surface area contributed by atoms with E-state index in [2.05, 4.69) is 127 Å². The van der Waals surface area contributed by atoms with Gasteiger partial charge in [0.2, 0.25) is 0 Å². The van der Waals surface area contributed by atoms with E-state index in [0.717, 1.165) is 0 Å². The molecule has 0 aliphatic heterocycles. The predicted molar refractivity (Wildman–Crippen MR) is 190 cm³/mol. The van der Waals surface area contributed by atoms with Gasteiger partial charge in [-0.05, 0) is 28.7 Å². The zero-order valence-electron chi connectivity index (χ0n) is 28.5. The number of nitrogens with two attached hydrogens (primary N) is 3. The molecule has 2 aromatic carbocycles. The molecule has 0 radical (unpaired) electrons. The Morgan fingerprint density at radius 3 is 1.83 bits per heavy atom. The van der Waals surface area contributed by atoms with Crippen LogP contribution in [0.4, 0.5) is 0 Å². The van der Waals surface area contributed by atoms with Crippen molar-refractivity contribution in [2.24, 2.45) is 38.0 Å². The van der Waals surface area contributed by atoms with Gasteiger partial charge in [0.1, 0.15) is 0 Å². The molecule has 0 heterocycles. The Labute approximate surface area is 263 Å². The van der Waals surface area contributed by atoms with E-state index in [-0.39, 0.29) is 11.9 Å². The van der Waals surface area contributed by atoms with Gasteiger partial charge in [-0.25, -0.2) is 0 Å². The van der Waals surface area contributed by atoms with E-state index in [9.17, 15) is 0 Å². The van der Waals surface area contributed by atoms with Crippen molar-refractivity contribution < 1.29 is 0 Å². The summed E-state index contributed by atoms with van der Waals surface area (Å²) in [6.45, 7) is 21.5. The van der Waals surface area contributed by atoms with Crippen molar-refractivity contribution in [3.8, 4) is 0 Å². The molecule has 0 aliphatic carbocycles. The molecule has 1 unspecified atom stereocenters. The van der Waals surface area contributed by atoms with Crippen LogP contribution < -0.4 is 20.8 Å². The van der Waals surface area contributed by atoms with E-state index in [4.69, 9.17) is 17.2 Å². The van der Waals surface area contributed by atoms with E-state index in [0.29, 0.717) is 23.3 Å². The Morgan fingerprint density at radius 1 is 0.762 bits per heavy atom. The fraction of sp³-hybridized carbons (Fsp3) is 0.611. The predicted octanol–water partition coefficient (Wildman–Crippen LogP) is 8.69. The van der Waals surface area contributed by atoms with Gasteiger partial charge < -0.3 is 0 Å². The molecule has 2 aromatic rings. The first-order valence-corrected chi connectivity index (χ1v) is 23.7. The second-order valence-electron chi connectivity index (χ2n) is 14.2. The number of hydrogen-bond donors (Lipinski definition) is 3. The van der Waals surface area contributed by atoms with E-state index in [1.165, 1.54) is 63.0 Å². The van der Waals surface area contributed by atoms with Gasteiger partial charge >= 0.3 is 164 Å². The number of unbranched alkanes of at least 4 members (excludes halogenated alkanes) is 2. The fourth-order valence-electron chi connectivity index (χ4n) is 5.88. The normalized spacial score (nSPS) is 13.2.